The average Bonchev–Trinajstić information content (AvgIpc) is 3.31. The summed E-state index contributed by atoms with van der Waals surface area (Å²) in [5, 5.41) is 14.5. The van der Waals surface area contributed by atoms with Crippen molar-refractivity contribution in [1.29, 1.82) is 5.26 Å². The Bertz CT molecular complexity index is 1380. The number of rotatable bonds is 5. The molecule has 2 aromatic carbocycles. The number of hydrogen-bond donors (Lipinski definition) is 1. The van der Waals surface area contributed by atoms with E-state index in [4.69, 9.17) is 11.0 Å². The summed E-state index contributed by atoms with van der Waals surface area (Å²) in [6.07, 6.45) is 1.92. The van der Waals surface area contributed by atoms with Gasteiger partial charge in [-0.1, -0.05) is 12.1 Å². The number of nitrogens with two attached hydrogens (primary N) is 1. The van der Waals surface area contributed by atoms with E-state index in [1.807, 2.05) is 49.1 Å². The van der Waals surface area contributed by atoms with Gasteiger partial charge < -0.3 is 15.2 Å². The molecule has 4 aromatic rings. The third kappa shape index (κ3) is 3.63. The predicted octanol–water partition coefficient (Wildman–Crippen LogP) is 3.29. The van der Waals surface area contributed by atoms with E-state index in [9.17, 15) is 9.18 Å². The van der Waals surface area contributed by atoms with Gasteiger partial charge in [0.15, 0.2) is 0 Å². The number of carbonyl (C=O) groups is 1. The van der Waals surface area contributed by atoms with Gasteiger partial charge in [-0.25, -0.2) is 4.39 Å². The van der Waals surface area contributed by atoms with Crippen LogP contribution in [0.3, 0.4) is 0 Å². The van der Waals surface area contributed by atoms with Gasteiger partial charge in [-0.15, -0.1) is 0 Å². The van der Waals surface area contributed by atoms with Crippen LogP contribution in [-0.2, 0) is 14.1 Å². The second-order valence-electron chi connectivity index (χ2n) is 7.75. The lowest BCUT2D eigenvalue weighted by molar-refractivity contribution is 0.0790. The molecule has 0 aliphatic heterocycles. The van der Waals surface area contributed by atoms with Gasteiger partial charge in [0, 0.05) is 51.4 Å². The Morgan fingerprint density at radius 2 is 1.94 bits per heavy atom. The fourth-order valence-electron chi connectivity index (χ4n) is 3.94. The molecule has 0 fully saturated rings. The summed E-state index contributed by atoms with van der Waals surface area (Å²) in [7, 11) is 5.37. The topological polar surface area (TPSA) is 92.9 Å². The molecule has 7 nitrogen and oxygen atoms in total. The van der Waals surface area contributed by atoms with Crippen molar-refractivity contribution in [3.8, 4) is 28.5 Å². The molecule has 0 aliphatic carbocycles. The Hall–Kier alpha value is -3.96. The van der Waals surface area contributed by atoms with Crippen LogP contribution in [0.4, 0.5) is 4.39 Å². The molecule has 2 N–H and O–H groups in total. The van der Waals surface area contributed by atoms with Gasteiger partial charge in [0.25, 0.3) is 5.91 Å². The maximum atomic E-state index is 14.4. The van der Waals surface area contributed by atoms with Crippen LogP contribution in [0.5, 0.6) is 0 Å². The molecular formula is C24H23FN6O. The van der Waals surface area contributed by atoms with Gasteiger partial charge in [0.2, 0.25) is 0 Å². The van der Waals surface area contributed by atoms with E-state index in [-0.39, 0.29) is 11.5 Å². The van der Waals surface area contributed by atoms with Gasteiger partial charge in [-0.05, 0) is 41.5 Å². The number of aromatic nitrogens is 3. The van der Waals surface area contributed by atoms with Crippen molar-refractivity contribution in [2.45, 2.75) is 0 Å². The van der Waals surface area contributed by atoms with Crippen molar-refractivity contribution in [3.05, 3.63) is 65.7 Å². The van der Waals surface area contributed by atoms with Crippen LogP contribution < -0.4 is 5.73 Å². The highest BCUT2D eigenvalue weighted by atomic mass is 19.1. The van der Waals surface area contributed by atoms with Crippen molar-refractivity contribution >= 4 is 16.8 Å². The SMILES string of the molecule is CN(CCN)C(=O)c1cc(-c2ccc(C#N)c(F)c2)c(-c2ccc3nn(C)cc3c2)n1C. The van der Waals surface area contributed by atoms with Crippen LogP contribution in [0.15, 0.2) is 48.7 Å². The van der Waals surface area contributed by atoms with E-state index in [0.717, 1.165) is 22.2 Å². The Morgan fingerprint density at radius 1 is 1.19 bits per heavy atom. The number of carbonyl (C=O) groups excluding carboxylic acids is 1. The highest BCUT2D eigenvalue weighted by Crippen LogP contribution is 2.37. The molecule has 1 amide bonds. The highest BCUT2D eigenvalue weighted by molar-refractivity contribution is 5.98. The molecule has 2 heterocycles. The monoisotopic (exact) mass is 430 g/mol. The third-order valence-electron chi connectivity index (χ3n) is 5.56. The van der Waals surface area contributed by atoms with E-state index < -0.39 is 5.82 Å². The molecule has 162 valence electrons. The number of nitrogens with zero attached hydrogens (tertiary/aromatic N) is 5. The normalized spacial score (nSPS) is 11.0. The van der Waals surface area contributed by atoms with Crippen LogP contribution in [0.1, 0.15) is 16.1 Å². The van der Waals surface area contributed by atoms with Crippen LogP contribution in [0, 0.1) is 17.1 Å². The molecule has 0 atom stereocenters. The number of halogens is 1. The van der Waals surface area contributed by atoms with Crippen molar-refractivity contribution in [3.63, 3.8) is 0 Å². The van der Waals surface area contributed by atoms with E-state index >= 15 is 0 Å². The van der Waals surface area contributed by atoms with Crippen molar-refractivity contribution in [2.24, 2.45) is 19.8 Å². The maximum absolute atomic E-state index is 14.4. The number of aryl methyl sites for hydroxylation is 1. The second-order valence-corrected chi connectivity index (χ2v) is 7.75. The second kappa shape index (κ2) is 8.29. The molecule has 0 unspecified atom stereocenters. The Labute approximate surface area is 185 Å². The van der Waals surface area contributed by atoms with E-state index in [1.54, 1.807) is 28.8 Å². The van der Waals surface area contributed by atoms with Gasteiger partial charge in [-0.3, -0.25) is 9.48 Å². The zero-order valence-corrected chi connectivity index (χ0v) is 18.1. The molecule has 0 radical (unpaired) electrons. The number of likely N-dealkylation sites (N-methyl/N-ethyl adjacent to an activating group) is 1. The summed E-state index contributed by atoms with van der Waals surface area (Å²) in [5.41, 5.74) is 9.83. The Balaban J connectivity index is 1.94. The Kier molecular flexibility index (Phi) is 5.51. The lowest BCUT2D eigenvalue weighted by atomic mass is 9.99. The number of amides is 1. The first-order valence-electron chi connectivity index (χ1n) is 10.1. The van der Waals surface area contributed by atoms with E-state index in [0.29, 0.717) is 29.9 Å². The van der Waals surface area contributed by atoms with Crippen molar-refractivity contribution in [2.75, 3.05) is 20.1 Å². The molecule has 0 aliphatic rings. The van der Waals surface area contributed by atoms with Gasteiger partial charge in [0.05, 0.1) is 16.8 Å². The summed E-state index contributed by atoms with van der Waals surface area (Å²) in [5.74, 6) is -0.780. The summed E-state index contributed by atoms with van der Waals surface area (Å²) in [6.45, 7) is 0.771. The lowest BCUT2D eigenvalue weighted by Gasteiger charge is -2.17. The fourth-order valence-corrected chi connectivity index (χ4v) is 3.94. The summed E-state index contributed by atoms with van der Waals surface area (Å²) >= 11 is 0. The van der Waals surface area contributed by atoms with Crippen LogP contribution in [0.25, 0.3) is 33.3 Å². The first-order valence-corrected chi connectivity index (χ1v) is 10.1. The standard InChI is InChI=1S/C24H23FN6O/c1-29(9-8-26)24(32)22-12-19(15-4-5-17(13-27)20(25)11-15)23(31(22)3)16-6-7-21-18(10-16)14-30(2)28-21/h4-7,10-12,14H,8-9,26H2,1-3H3. The first kappa shape index (κ1) is 21.3. The molecule has 0 saturated heterocycles. The predicted molar refractivity (Wildman–Crippen MR) is 121 cm³/mol. The molecule has 0 spiro atoms. The van der Waals surface area contributed by atoms with Gasteiger partial charge >= 0.3 is 0 Å². The minimum Gasteiger partial charge on any atom is -0.339 e. The van der Waals surface area contributed by atoms with E-state index in [2.05, 4.69) is 5.10 Å². The molecule has 8 heteroatoms. The smallest absolute Gasteiger partial charge is 0.270 e. The average molecular weight is 430 g/mol. The van der Waals surface area contributed by atoms with Crippen LogP contribution >= 0.6 is 0 Å². The number of benzene rings is 2. The molecule has 0 bridgehead atoms. The molecule has 4 rings (SSSR count). The molecular weight excluding hydrogens is 407 g/mol. The fraction of sp³-hybridized carbons (Fsp3) is 0.208. The van der Waals surface area contributed by atoms with Gasteiger partial charge in [0.1, 0.15) is 17.6 Å². The van der Waals surface area contributed by atoms with Crippen molar-refractivity contribution < 1.29 is 9.18 Å². The molecule has 0 saturated carbocycles. The number of fused-ring (bicyclic) bond motifs is 1. The number of hydrogen-bond acceptors (Lipinski definition) is 4. The van der Waals surface area contributed by atoms with E-state index in [1.165, 1.54) is 12.1 Å². The third-order valence-corrected chi connectivity index (χ3v) is 5.56. The highest BCUT2D eigenvalue weighted by Gasteiger charge is 2.23. The van der Waals surface area contributed by atoms with Crippen molar-refractivity contribution in [1.82, 2.24) is 19.2 Å². The lowest BCUT2D eigenvalue weighted by Crippen LogP contribution is -2.32. The summed E-state index contributed by atoms with van der Waals surface area (Å²) < 4.78 is 18.0. The zero-order chi connectivity index (χ0) is 23.0. The number of nitriles is 1. The van der Waals surface area contributed by atoms with Crippen LogP contribution in [0.2, 0.25) is 0 Å². The summed E-state index contributed by atoms with van der Waals surface area (Å²) in [6, 6.07) is 13.9. The summed E-state index contributed by atoms with van der Waals surface area (Å²) in [4.78, 5) is 14.6. The molecule has 2 aromatic heterocycles. The largest absolute Gasteiger partial charge is 0.339 e. The molecule has 32 heavy (non-hydrogen) atoms. The minimum atomic E-state index is -0.601. The van der Waals surface area contributed by atoms with Gasteiger partial charge in [-0.2, -0.15) is 10.4 Å². The van der Waals surface area contributed by atoms with Crippen LogP contribution in [-0.4, -0.2) is 45.3 Å². The maximum Gasteiger partial charge on any atom is 0.270 e. The Morgan fingerprint density at radius 3 is 2.62 bits per heavy atom. The quantitative estimate of drug-likeness (QED) is 0.526. The first-order chi connectivity index (χ1) is 15.3. The zero-order valence-electron chi connectivity index (χ0n) is 18.1. The minimum absolute atomic E-state index is 0.0259.